The first-order valence-corrected chi connectivity index (χ1v) is 10.4. The molecule has 0 aliphatic carbocycles. The van der Waals surface area contributed by atoms with Crippen molar-refractivity contribution in [2.45, 2.75) is 39.7 Å². The van der Waals surface area contributed by atoms with Crippen LogP contribution in [0.5, 0.6) is 0 Å². The summed E-state index contributed by atoms with van der Waals surface area (Å²) < 4.78 is 1.31. The normalized spacial score (nSPS) is 15.7. The van der Waals surface area contributed by atoms with Crippen molar-refractivity contribution in [2.24, 2.45) is 0 Å². The quantitative estimate of drug-likeness (QED) is 0.814. The summed E-state index contributed by atoms with van der Waals surface area (Å²) in [7, 11) is 0. The molecule has 3 heterocycles. The van der Waals surface area contributed by atoms with Crippen LogP contribution in [0, 0.1) is 6.92 Å². The molecule has 0 unspecified atom stereocenters. The number of aromatic nitrogens is 1. The fraction of sp³-hybridized carbons (Fsp3) is 0.391. The lowest BCUT2D eigenvalue weighted by atomic mass is 9.96. The molecule has 2 aromatic rings. The smallest absolute Gasteiger partial charge is 0.341 e. The van der Waals surface area contributed by atoms with Gasteiger partial charge in [-0.3, -0.25) is 19.0 Å². The van der Waals surface area contributed by atoms with Gasteiger partial charge in [0.15, 0.2) is 0 Å². The zero-order valence-electron chi connectivity index (χ0n) is 17.7. The Morgan fingerprint density at radius 1 is 1.03 bits per heavy atom. The fourth-order valence-corrected chi connectivity index (χ4v) is 4.53. The summed E-state index contributed by atoms with van der Waals surface area (Å²) in [4.78, 5) is 53.4. The van der Waals surface area contributed by atoms with Gasteiger partial charge in [0.1, 0.15) is 5.56 Å². The third-order valence-electron chi connectivity index (χ3n) is 6.25. The zero-order valence-corrected chi connectivity index (χ0v) is 17.7. The Balaban J connectivity index is 1.86. The molecule has 31 heavy (non-hydrogen) atoms. The van der Waals surface area contributed by atoms with Crippen molar-refractivity contribution in [1.82, 2.24) is 14.4 Å². The highest BCUT2D eigenvalue weighted by Gasteiger charge is 2.28. The summed E-state index contributed by atoms with van der Waals surface area (Å²) in [6.45, 7) is 5.29. The summed E-state index contributed by atoms with van der Waals surface area (Å²) >= 11 is 0. The molecule has 2 aliphatic rings. The van der Waals surface area contributed by atoms with E-state index in [1.807, 2.05) is 0 Å². The summed E-state index contributed by atoms with van der Waals surface area (Å²) in [5.41, 5.74) is 1.82. The minimum Gasteiger partial charge on any atom is -0.477 e. The van der Waals surface area contributed by atoms with Crippen molar-refractivity contribution < 1.29 is 19.5 Å². The first-order chi connectivity index (χ1) is 14.8. The Morgan fingerprint density at radius 2 is 1.74 bits per heavy atom. The van der Waals surface area contributed by atoms with Crippen LogP contribution in [0.15, 0.2) is 29.2 Å². The van der Waals surface area contributed by atoms with Gasteiger partial charge in [0.05, 0.1) is 5.69 Å². The number of amides is 2. The number of pyridine rings is 1. The van der Waals surface area contributed by atoms with Crippen molar-refractivity contribution in [3.05, 3.63) is 62.6 Å². The fourth-order valence-electron chi connectivity index (χ4n) is 4.53. The van der Waals surface area contributed by atoms with Gasteiger partial charge in [0.2, 0.25) is 5.91 Å². The number of aromatic carboxylic acids is 1. The molecule has 4 rings (SSSR count). The number of benzene rings is 1. The van der Waals surface area contributed by atoms with Gasteiger partial charge in [-0.1, -0.05) is 6.07 Å². The number of carboxylic acid groups (broad SMARTS) is 1. The number of carbonyl (C=O) groups is 3. The van der Waals surface area contributed by atoms with Gasteiger partial charge in [0.25, 0.3) is 11.5 Å². The molecule has 0 bridgehead atoms. The first-order valence-electron chi connectivity index (χ1n) is 10.4. The molecule has 0 radical (unpaired) electrons. The maximum absolute atomic E-state index is 13.2. The highest BCUT2D eigenvalue weighted by Crippen LogP contribution is 2.25. The molecule has 0 atom stereocenters. The van der Waals surface area contributed by atoms with Crippen molar-refractivity contribution in [1.29, 1.82) is 0 Å². The second-order valence-electron chi connectivity index (χ2n) is 8.13. The van der Waals surface area contributed by atoms with Crippen LogP contribution in [0.2, 0.25) is 0 Å². The average molecular weight is 423 g/mol. The molecule has 8 nitrogen and oxygen atoms in total. The Labute approximate surface area is 179 Å². The highest BCUT2D eigenvalue weighted by molar-refractivity contribution is 5.96. The van der Waals surface area contributed by atoms with Crippen LogP contribution in [-0.2, 0) is 17.8 Å². The van der Waals surface area contributed by atoms with E-state index in [0.717, 1.165) is 12.8 Å². The largest absolute Gasteiger partial charge is 0.477 e. The number of nitrogens with zero attached hydrogens (tertiary/aromatic N) is 3. The number of rotatable bonds is 3. The summed E-state index contributed by atoms with van der Waals surface area (Å²) in [6, 6.07) is 5.15. The van der Waals surface area contributed by atoms with Crippen molar-refractivity contribution in [3.63, 3.8) is 0 Å². The Bertz CT molecular complexity index is 1140. The van der Waals surface area contributed by atoms with Crippen LogP contribution in [0.25, 0.3) is 5.69 Å². The van der Waals surface area contributed by atoms with E-state index in [0.29, 0.717) is 54.0 Å². The average Bonchev–Trinajstić information content (AvgIpc) is 3.27. The molecule has 1 aromatic heterocycles. The molecule has 2 amide bonds. The van der Waals surface area contributed by atoms with Crippen LogP contribution < -0.4 is 5.56 Å². The molecule has 1 saturated heterocycles. The van der Waals surface area contributed by atoms with E-state index >= 15 is 0 Å². The van der Waals surface area contributed by atoms with E-state index in [4.69, 9.17) is 0 Å². The van der Waals surface area contributed by atoms with Gasteiger partial charge in [-0.15, -0.1) is 0 Å². The number of carboxylic acids is 1. The van der Waals surface area contributed by atoms with E-state index in [1.54, 1.807) is 41.1 Å². The molecule has 162 valence electrons. The van der Waals surface area contributed by atoms with Gasteiger partial charge >= 0.3 is 5.97 Å². The van der Waals surface area contributed by atoms with E-state index in [2.05, 4.69) is 0 Å². The van der Waals surface area contributed by atoms with Gasteiger partial charge in [-0.05, 0) is 55.0 Å². The topological polar surface area (TPSA) is 99.9 Å². The lowest BCUT2D eigenvalue weighted by molar-refractivity contribution is -0.129. The number of hydrogen-bond donors (Lipinski definition) is 1. The molecule has 1 N–H and O–H groups in total. The molecule has 1 fully saturated rings. The molecule has 0 saturated carbocycles. The molecule has 8 heteroatoms. The van der Waals surface area contributed by atoms with E-state index < -0.39 is 11.5 Å². The second-order valence-corrected chi connectivity index (χ2v) is 8.13. The van der Waals surface area contributed by atoms with Crippen molar-refractivity contribution in [2.75, 3.05) is 19.6 Å². The predicted molar refractivity (Wildman–Crippen MR) is 114 cm³/mol. The van der Waals surface area contributed by atoms with Gasteiger partial charge in [-0.25, -0.2) is 4.79 Å². The highest BCUT2D eigenvalue weighted by atomic mass is 16.4. The van der Waals surface area contributed by atoms with E-state index in [-0.39, 0.29) is 23.9 Å². The van der Waals surface area contributed by atoms with Gasteiger partial charge in [0, 0.05) is 44.9 Å². The SMILES string of the molecule is CC(=O)N1CCc2c(cn(-c3cccc(C(=O)N4CCCC4)c3C)c(=O)c2C(=O)O)C1. The van der Waals surface area contributed by atoms with Crippen LogP contribution in [0.3, 0.4) is 0 Å². The first kappa shape index (κ1) is 20.8. The summed E-state index contributed by atoms with van der Waals surface area (Å²) in [6.07, 6.45) is 3.89. The summed E-state index contributed by atoms with van der Waals surface area (Å²) in [5, 5.41) is 9.77. The minimum atomic E-state index is -1.28. The summed E-state index contributed by atoms with van der Waals surface area (Å²) in [5.74, 6) is -1.47. The monoisotopic (exact) mass is 423 g/mol. The van der Waals surface area contributed by atoms with Crippen molar-refractivity contribution >= 4 is 17.8 Å². The Kier molecular flexibility index (Phi) is 5.39. The lowest BCUT2D eigenvalue weighted by Crippen LogP contribution is -2.38. The molecule has 2 aliphatic heterocycles. The third kappa shape index (κ3) is 3.62. The zero-order chi connectivity index (χ0) is 22.3. The van der Waals surface area contributed by atoms with Crippen LogP contribution in [0.1, 0.15) is 57.2 Å². The van der Waals surface area contributed by atoms with E-state index in [1.165, 1.54) is 11.5 Å². The maximum Gasteiger partial charge on any atom is 0.341 e. The van der Waals surface area contributed by atoms with Crippen LogP contribution in [0.4, 0.5) is 0 Å². The molecular formula is C23H25N3O5. The Morgan fingerprint density at radius 3 is 2.39 bits per heavy atom. The van der Waals surface area contributed by atoms with Gasteiger partial charge in [-0.2, -0.15) is 0 Å². The van der Waals surface area contributed by atoms with Crippen LogP contribution >= 0.6 is 0 Å². The van der Waals surface area contributed by atoms with Crippen LogP contribution in [-0.4, -0.2) is 56.9 Å². The minimum absolute atomic E-state index is 0.0796. The number of fused-ring (bicyclic) bond motifs is 1. The maximum atomic E-state index is 13.2. The van der Waals surface area contributed by atoms with E-state index in [9.17, 15) is 24.3 Å². The number of hydrogen-bond acceptors (Lipinski definition) is 4. The second kappa shape index (κ2) is 8.02. The molecular weight excluding hydrogens is 398 g/mol. The number of carbonyl (C=O) groups excluding carboxylic acids is 2. The third-order valence-corrected chi connectivity index (χ3v) is 6.25. The van der Waals surface area contributed by atoms with Crippen molar-refractivity contribution in [3.8, 4) is 5.69 Å². The standard InChI is InChI=1S/C23H25N3O5/c1-14-17(21(28)24-9-3-4-10-24)6-5-7-19(14)26-13-16-12-25(15(2)27)11-8-18(16)20(22(26)29)23(30)31/h5-7,13H,3-4,8-12H2,1-2H3,(H,30,31). The molecule has 0 spiro atoms. The predicted octanol–water partition coefficient (Wildman–Crippen LogP) is 1.98. The Hall–Kier alpha value is -3.42. The van der Waals surface area contributed by atoms with Gasteiger partial charge < -0.3 is 14.9 Å². The molecule has 1 aromatic carbocycles. The number of likely N-dealkylation sites (tertiary alicyclic amines) is 1. The lowest BCUT2D eigenvalue weighted by Gasteiger charge is -2.29.